The first-order valence-corrected chi connectivity index (χ1v) is 9.54. The lowest BCUT2D eigenvalue weighted by Crippen LogP contribution is -2.47. The van der Waals surface area contributed by atoms with Crippen LogP contribution in [0.15, 0.2) is 59.7 Å². The van der Waals surface area contributed by atoms with Crippen molar-refractivity contribution < 1.29 is 4.79 Å². The molecule has 1 heterocycles. The molecule has 0 spiro atoms. The molecule has 1 aliphatic rings. The number of hydrazone groups is 1. The topological polar surface area (TPSA) is 47.9 Å². The number of carbonyl (C=O) groups is 1. The number of benzene rings is 2. The molecule has 5 nitrogen and oxygen atoms in total. The van der Waals surface area contributed by atoms with Crippen LogP contribution < -0.4 is 10.3 Å². The Hall–Kier alpha value is -2.66. The third-order valence-electron chi connectivity index (χ3n) is 4.97. The van der Waals surface area contributed by atoms with E-state index in [2.05, 4.69) is 51.5 Å². The minimum absolute atomic E-state index is 0.0352. The number of carbonyl (C=O) groups excluding carboxylic acids is 1. The molecule has 1 aliphatic heterocycles. The molecule has 5 heteroatoms. The van der Waals surface area contributed by atoms with Crippen molar-refractivity contribution in [2.24, 2.45) is 5.10 Å². The Morgan fingerprint density at radius 3 is 2.33 bits per heavy atom. The Morgan fingerprint density at radius 1 is 1.00 bits per heavy atom. The Morgan fingerprint density at radius 2 is 1.67 bits per heavy atom. The highest BCUT2D eigenvalue weighted by Crippen LogP contribution is 2.15. The number of rotatable bonds is 6. The summed E-state index contributed by atoms with van der Waals surface area (Å²) in [5.74, 6) is -0.0352. The van der Waals surface area contributed by atoms with E-state index in [9.17, 15) is 4.79 Å². The number of nitrogens with zero attached hydrogens (tertiary/aromatic N) is 3. The molecular formula is C22H28N4O. The fourth-order valence-electron chi connectivity index (χ4n) is 3.19. The Bertz CT molecular complexity index is 763. The van der Waals surface area contributed by atoms with Gasteiger partial charge in [-0.05, 0) is 31.5 Å². The van der Waals surface area contributed by atoms with Crippen molar-refractivity contribution in [1.29, 1.82) is 0 Å². The average Bonchev–Trinajstić information content (AvgIpc) is 2.72. The number of anilines is 1. The largest absolute Gasteiger partial charge is 0.369 e. The van der Waals surface area contributed by atoms with Crippen molar-refractivity contribution in [3.8, 4) is 0 Å². The summed E-state index contributed by atoms with van der Waals surface area (Å²) in [5.41, 5.74) is 7.01. The highest BCUT2D eigenvalue weighted by molar-refractivity contribution is 5.99. The second kappa shape index (κ2) is 9.33. The zero-order valence-corrected chi connectivity index (χ0v) is 16.2. The van der Waals surface area contributed by atoms with Gasteiger partial charge in [0.1, 0.15) is 0 Å². The van der Waals surface area contributed by atoms with Gasteiger partial charge in [0, 0.05) is 44.8 Å². The molecule has 1 amide bonds. The van der Waals surface area contributed by atoms with Gasteiger partial charge >= 0.3 is 0 Å². The Labute approximate surface area is 161 Å². The molecule has 0 unspecified atom stereocenters. The van der Waals surface area contributed by atoms with E-state index in [0.717, 1.165) is 44.0 Å². The standard InChI is InChI=1S/C22H28N4O/c1-18-8-10-20(11-9-18)19(2)23-24-22(27)12-13-25-14-16-26(17-15-25)21-6-4-3-5-7-21/h3-11H,12-17H2,1-2H3,(H,24,27)/b23-19+. The van der Waals surface area contributed by atoms with E-state index >= 15 is 0 Å². The number of amides is 1. The third-order valence-corrected chi connectivity index (χ3v) is 4.97. The van der Waals surface area contributed by atoms with Crippen LogP contribution in [-0.2, 0) is 4.79 Å². The SMILES string of the molecule is C/C(=N\NC(=O)CCN1CCN(c2ccccc2)CC1)c1ccc(C)cc1. The second-order valence-electron chi connectivity index (χ2n) is 7.01. The van der Waals surface area contributed by atoms with Gasteiger partial charge in [0.25, 0.3) is 0 Å². The summed E-state index contributed by atoms with van der Waals surface area (Å²) in [5, 5.41) is 4.23. The summed E-state index contributed by atoms with van der Waals surface area (Å²) < 4.78 is 0. The molecule has 0 bridgehead atoms. The lowest BCUT2D eigenvalue weighted by Gasteiger charge is -2.36. The second-order valence-corrected chi connectivity index (χ2v) is 7.01. The highest BCUT2D eigenvalue weighted by atomic mass is 16.2. The number of nitrogens with one attached hydrogen (secondary N) is 1. The summed E-state index contributed by atoms with van der Waals surface area (Å²) in [6.45, 7) is 8.69. The summed E-state index contributed by atoms with van der Waals surface area (Å²) in [6.07, 6.45) is 0.468. The van der Waals surface area contributed by atoms with Gasteiger partial charge in [-0.2, -0.15) is 5.10 Å². The maximum atomic E-state index is 12.1. The van der Waals surface area contributed by atoms with Crippen LogP contribution >= 0.6 is 0 Å². The first-order chi connectivity index (χ1) is 13.1. The maximum absolute atomic E-state index is 12.1. The lowest BCUT2D eigenvalue weighted by atomic mass is 10.1. The van der Waals surface area contributed by atoms with Crippen LogP contribution in [0, 0.1) is 6.92 Å². The van der Waals surface area contributed by atoms with E-state index in [0.29, 0.717) is 6.42 Å². The first kappa shape index (κ1) is 19.1. The minimum Gasteiger partial charge on any atom is -0.369 e. The van der Waals surface area contributed by atoms with Crippen molar-refractivity contribution in [2.45, 2.75) is 20.3 Å². The molecule has 0 saturated carbocycles. The predicted octanol–water partition coefficient (Wildman–Crippen LogP) is 3.05. The van der Waals surface area contributed by atoms with Crippen LogP contribution in [0.25, 0.3) is 0 Å². The van der Waals surface area contributed by atoms with Gasteiger partial charge in [-0.25, -0.2) is 5.43 Å². The van der Waals surface area contributed by atoms with Crippen LogP contribution in [0.4, 0.5) is 5.69 Å². The lowest BCUT2D eigenvalue weighted by molar-refractivity contribution is -0.121. The molecule has 2 aromatic rings. The van der Waals surface area contributed by atoms with Crippen LogP contribution in [0.2, 0.25) is 0 Å². The molecule has 0 atom stereocenters. The van der Waals surface area contributed by atoms with Gasteiger partial charge in [0.05, 0.1) is 5.71 Å². The van der Waals surface area contributed by atoms with Crippen molar-refractivity contribution in [3.63, 3.8) is 0 Å². The summed E-state index contributed by atoms with van der Waals surface area (Å²) in [7, 11) is 0. The molecule has 0 radical (unpaired) electrons. The van der Waals surface area contributed by atoms with Gasteiger partial charge in [-0.1, -0.05) is 48.0 Å². The van der Waals surface area contributed by atoms with E-state index in [-0.39, 0.29) is 5.91 Å². The van der Waals surface area contributed by atoms with Gasteiger partial charge < -0.3 is 4.90 Å². The molecule has 1 saturated heterocycles. The molecule has 27 heavy (non-hydrogen) atoms. The van der Waals surface area contributed by atoms with Crippen molar-refractivity contribution in [3.05, 3.63) is 65.7 Å². The van der Waals surface area contributed by atoms with E-state index in [1.54, 1.807) is 0 Å². The molecule has 1 fully saturated rings. The molecule has 0 aliphatic carbocycles. The van der Waals surface area contributed by atoms with Gasteiger partial charge in [0.15, 0.2) is 0 Å². The van der Waals surface area contributed by atoms with Gasteiger partial charge in [-0.3, -0.25) is 9.69 Å². The van der Waals surface area contributed by atoms with E-state index in [4.69, 9.17) is 0 Å². The molecule has 1 N–H and O–H groups in total. The smallest absolute Gasteiger partial charge is 0.241 e. The van der Waals surface area contributed by atoms with Crippen LogP contribution in [0.1, 0.15) is 24.5 Å². The van der Waals surface area contributed by atoms with Gasteiger partial charge in [-0.15, -0.1) is 0 Å². The monoisotopic (exact) mass is 364 g/mol. The number of para-hydroxylation sites is 1. The number of hydrogen-bond acceptors (Lipinski definition) is 4. The van der Waals surface area contributed by atoms with Crippen molar-refractivity contribution in [2.75, 3.05) is 37.6 Å². The van der Waals surface area contributed by atoms with Crippen LogP contribution in [-0.4, -0.2) is 49.2 Å². The third kappa shape index (κ3) is 5.66. The number of hydrogen-bond donors (Lipinski definition) is 1. The molecule has 2 aromatic carbocycles. The molecular weight excluding hydrogens is 336 g/mol. The fraction of sp³-hybridized carbons (Fsp3) is 0.364. The van der Waals surface area contributed by atoms with Crippen LogP contribution in [0.5, 0.6) is 0 Å². The first-order valence-electron chi connectivity index (χ1n) is 9.54. The predicted molar refractivity (Wildman–Crippen MR) is 111 cm³/mol. The number of aryl methyl sites for hydroxylation is 1. The van der Waals surface area contributed by atoms with E-state index in [1.165, 1.54) is 11.3 Å². The van der Waals surface area contributed by atoms with Crippen LogP contribution in [0.3, 0.4) is 0 Å². The quantitative estimate of drug-likeness (QED) is 0.633. The molecule has 142 valence electrons. The summed E-state index contributed by atoms with van der Waals surface area (Å²) in [6, 6.07) is 18.6. The van der Waals surface area contributed by atoms with E-state index < -0.39 is 0 Å². The minimum atomic E-state index is -0.0352. The Kier molecular flexibility index (Phi) is 6.60. The zero-order chi connectivity index (χ0) is 19.1. The fourth-order valence-corrected chi connectivity index (χ4v) is 3.19. The van der Waals surface area contributed by atoms with Crippen molar-refractivity contribution in [1.82, 2.24) is 10.3 Å². The average molecular weight is 364 g/mol. The zero-order valence-electron chi connectivity index (χ0n) is 16.2. The van der Waals surface area contributed by atoms with Crippen molar-refractivity contribution >= 4 is 17.3 Å². The Balaban J connectivity index is 1.39. The normalized spacial score (nSPS) is 15.6. The molecule has 0 aromatic heterocycles. The number of piperazine rings is 1. The maximum Gasteiger partial charge on any atom is 0.241 e. The summed E-state index contributed by atoms with van der Waals surface area (Å²) in [4.78, 5) is 16.8. The highest BCUT2D eigenvalue weighted by Gasteiger charge is 2.17. The van der Waals surface area contributed by atoms with Gasteiger partial charge in [0.2, 0.25) is 5.91 Å². The summed E-state index contributed by atoms with van der Waals surface area (Å²) >= 11 is 0. The van der Waals surface area contributed by atoms with E-state index in [1.807, 2.05) is 37.3 Å². The molecule has 3 rings (SSSR count).